The minimum absolute atomic E-state index is 0.113. The lowest BCUT2D eigenvalue weighted by Gasteiger charge is -2.16. The van der Waals surface area contributed by atoms with Crippen molar-refractivity contribution in [2.45, 2.75) is 45.5 Å². The maximum Gasteiger partial charge on any atom is 0.389 e. The maximum absolute atomic E-state index is 12.0. The zero-order valence-electron chi connectivity index (χ0n) is 10.7. The van der Waals surface area contributed by atoms with Crippen LogP contribution in [0.2, 0.25) is 0 Å². The number of alkyl halides is 3. The van der Waals surface area contributed by atoms with Gasteiger partial charge in [-0.15, -0.1) is 10.2 Å². The van der Waals surface area contributed by atoms with Crippen molar-refractivity contribution in [1.29, 1.82) is 0 Å². The van der Waals surface area contributed by atoms with Crippen LogP contribution in [0.5, 0.6) is 0 Å². The SMILES string of the molecule is CCCn1cnnc1CN(C)CCCC(F)(F)F. The first-order valence-corrected chi connectivity index (χ1v) is 6.04. The molecule has 0 aliphatic heterocycles. The Balaban J connectivity index is 2.35. The van der Waals surface area contributed by atoms with Crippen LogP contribution in [-0.4, -0.2) is 39.4 Å². The Labute approximate surface area is 105 Å². The van der Waals surface area contributed by atoms with E-state index in [-0.39, 0.29) is 6.42 Å². The summed E-state index contributed by atoms with van der Waals surface area (Å²) in [4.78, 5) is 1.84. The van der Waals surface area contributed by atoms with E-state index in [1.54, 1.807) is 13.4 Å². The van der Waals surface area contributed by atoms with Crippen LogP contribution in [0.15, 0.2) is 6.33 Å². The van der Waals surface area contributed by atoms with Crippen LogP contribution in [0.3, 0.4) is 0 Å². The number of nitrogens with zero attached hydrogens (tertiary/aromatic N) is 4. The molecule has 1 aromatic rings. The van der Waals surface area contributed by atoms with Gasteiger partial charge in [-0.3, -0.25) is 4.90 Å². The second kappa shape index (κ2) is 6.72. The van der Waals surface area contributed by atoms with Gasteiger partial charge in [-0.25, -0.2) is 0 Å². The van der Waals surface area contributed by atoms with E-state index in [2.05, 4.69) is 17.1 Å². The number of halogens is 3. The molecule has 18 heavy (non-hydrogen) atoms. The standard InChI is InChI=1S/C11H19F3N4/c1-3-6-18-9-15-16-10(18)8-17(2)7-4-5-11(12,13)14/h9H,3-8H2,1-2H3. The largest absolute Gasteiger partial charge is 0.389 e. The lowest BCUT2D eigenvalue weighted by Crippen LogP contribution is -2.23. The summed E-state index contributed by atoms with van der Waals surface area (Å²) < 4.78 is 37.9. The third-order valence-electron chi connectivity index (χ3n) is 2.57. The molecular weight excluding hydrogens is 245 g/mol. The second-order valence-corrected chi connectivity index (χ2v) is 4.40. The lowest BCUT2D eigenvalue weighted by atomic mass is 10.3. The van der Waals surface area contributed by atoms with Crippen LogP contribution in [0.4, 0.5) is 13.2 Å². The average Bonchev–Trinajstić information content (AvgIpc) is 2.64. The minimum atomic E-state index is -4.07. The van der Waals surface area contributed by atoms with Gasteiger partial charge in [-0.2, -0.15) is 13.2 Å². The van der Waals surface area contributed by atoms with Gasteiger partial charge in [0, 0.05) is 13.0 Å². The molecule has 0 spiro atoms. The zero-order valence-corrected chi connectivity index (χ0v) is 10.7. The molecule has 1 aromatic heterocycles. The molecule has 0 N–H and O–H groups in total. The summed E-state index contributed by atoms with van der Waals surface area (Å²) in [6, 6.07) is 0. The van der Waals surface area contributed by atoms with Gasteiger partial charge in [0.05, 0.1) is 6.54 Å². The Bertz CT molecular complexity index is 348. The van der Waals surface area contributed by atoms with E-state index in [0.29, 0.717) is 13.1 Å². The molecule has 0 radical (unpaired) electrons. The van der Waals surface area contributed by atoms with Crippen LogP contribution in [-0.2, 0) is 13.1 Å². The molecule has 7 heteroatoms. The van der Waals surface area contributed by atoms with Gasteiger partial charge in [-0.1, -0.05) is 6.92 Å². The zero-order chi connectivity index (χ0) is 13.6. The highest BCUT2D eigenvalue weighted by Gasteiger charge is 2.26. The Kier molecular flexibility index (Phi) is 5.58. The molecule has 0 saturated carbocycles. The topological polar surface area (TPSA) is 34.0 Å². The summed E-state index contributed by atoms with van der Waals surface area (Å²) in [5.41, 5.74) is 0. The van der Waals surface area contributed by atoms with Gasteiger partial charge in [0.2, 0.25) is 0 Å². The number of hydrogen-bond acceptors (Lipinski definition) is 3. The highest BCUT2D eigenvalue weighted by molar-refractivity contribution is 4.85. The van der Waals surface area contributed by atoms with Gasteiger partial charge in [0.15, 0.2) is 0 Å². The lowest BCUT2D eigenvalue weighted by molar-refractivity contribution is -0.136. The van der Waals surface area contributed by atoms with Gasteiger partial charge >= 0.3 is 6.18 Å². The highest BCUT2D eigenvalue weighted by atomic mass is 19.4. The van der Waals surface area contributed by atoms with Crippen molar-refractivity contribution in [2.75, 3.05) is 13.6 Å². The molecule has 0 unspecified atom stereocenters. The van der Waals surface area contributed by atoms with E-state index in [0.717, 1.165) is 18.8 Å². The molecule has 1 rings (SSSR count). The van der Waals surface area contributed by atoms with Crippen molar-refractivity contribution in [2.24, 2.45) is 0 Å². The first kappa shape index (κ1) is 14.9. The summed E-state index contributed by atoms with van der Waals surface area (Å²) in [7, 11) is 1.79. The summed E-state index contributed by atoms with van der Waals surface area (Å²) in [6.07, 6.45) is -2.06. The van der Waals surface area contributed by atoms with E-state index in [9.17, 15) is 13.2 Å². The predicted octanol–water partition coefficient (Wildman–Crippen LogP) is 2.46. The van der Waals surface area contributed by atoms with Crippen LogP contribution in [0.25, 0.3) is 0 Å². The quantitative estimate of drug-likeness (QED) is 0.758. The molecule has 0 amide bonds. The van der Waals surface area contributed by atoms with E-state index >= 15 is 0 Å². The summed E-state index contributed by atoms with van der Waals surface area (Å²) in [5.74, 6) is 0.798. The molecule has 0 bridgehead atoms. The van der Waals surface area contributed by atoms with E-state index in [1.165, 1.54) is 0 Å². The van der Waals surface area contributed by atoms with Gasteiger partial charge in [-0.05, 0) is 26.4 Å². The van der Waals surface area contributed by atoms with Crippen molar-refractivity contribution in [1.82, 2.24) is 19.7 Å². The smallest absolute Gasteiger partial charge is 0.317 e. The Hall–Kier alpha value is -1.11. The van der Waals surface area contributed by atoms with E-state index in [4.69, 9.17) is 0 Å². The fourth-order valence-corrected chi connectivity index (χ4v) is 1.70. The Morgan fingerprint density at radius 2 is 2.11 bits per heavy atom. The van der Waals surface area contributed by atoms with E-state index in [1.807, 2.05) is 9.47 Å². The first-order valence-electron chi connectivity index (χ1n) is 6.04. The van der Waals surface area contributed by atoms with Gasteiger partial charge in [0.25, 0.3) is 0 Å². The van der Waals surface area contributed by atoms with Crippen molar-refractivity contribution in [3.63, 3.8) is 0 Å². The third-order valence-corrected chi connectivity index (χ3v) is 2.57. The summed E-state index contributed by atoms with van der Waals surface area (Å²) in [6.45, 7) is 3.81. The molecule has 0 saturated heterocycles. The number of hydrogen-bond donors (Lipinski definition) is 0. The second-order valence-electron chi connectivity index (χ2n) is 4.40. The fraction of sp³-hybridized carbons (Fsp3) is 0.818. The van der Waals surface area contributed by atoms with Crippen molar-refractivity contribution < 1.29 is 13.2 Å². The molecule has 1 heterocycles. The molecular formula is C11H19F3N4. The molecule has 4 nitrogen and oxygen atoms in total. The monoisotopic (exact) mass is 264 g/mol. The predicted molar refractivity (Wildman–Crippen MR) is 61.9 cm³/mol. The summed E-state index contributed by atoms with van der Waals surface area (Å²) in [5, 5.41) is 7.80. The van der Waals surface area contributed by atoms with Gasteiger partial charge in [0.1, 0.15) is 12.2 Å². The number of aryl methyl sites for hydroxylation is 1. The van der Waals surface area contributed by atoms with Crippen LogP contribution >= 0.6 is 0 Å². The van der Waals surface area contributed by atoms with Crippen LogP contribution < -0.4 is 0 Å². The molecule has 0 aliphatic rings. The fourth-order valence-electron chi connectivity index (χ4n) is 1.70. The third kappa shape index (κ3) is 5.48. The molecule has 0 aromatic carbocycles. The number of aromatic nitrogens is 3. The van der Waals surface area contributed by atoms with Crippen LogP contribution in [0.1, 0.15) is 32.0 Å². The minimum Gasteiger partial charge on any atom is -0.317 e. The van der Waals surface area contributed by atoms with Crippen molar-refractivity contribution in [3.8, 4) is 0 Å². The maximum atomic E-state index is 12.0. The molecule has 104 valence electrons. The highest BCUT2D eigenvalue weighted by Crippen LogP contribution is 2.21. The summed E-state index contributed by atoms with van der Waals surface area (Å²) >= 11 is 0. The Morgan fingerprint density at radius 1 is 1.39 bits per heavy atom. The van der Waals surface area contributed by atoms with Gasteiger partial charge < -0.3 is 4.57 Å². The van der Waals surface area contributed by atoms with E-state index < -0.39 is 12.6 Å². The molecule has 0 atom stereocenters. The average molecular weight is 264 g/mol. The van der Waals surface area contributed by atoms with Crippen molar-refractivity contribution in [3.05, 3.63) is 12.2 Å². The Morgan fingerprint density at radius 3 is 2.72 bits per heavy atom. The normalized spacial score (nSPS) is 12.3. The van der Waals surface area contributed by atoms with Crippen LogP contribution in [0, 0.1) is 0 Å². The molecule has 0 fully saturated rings. The number of rotatable bonds is 7. The van der Waals surface area contributed by atoms with Crippen molar-refractivity contribution >= 4 is 0 Å². The first-order chi connectivity index (χ1) is 8.42. The molecule has 0 aliphatic carbocycles.